The Bertz CT molecular complexity index is 776. The minimum Gasteiger partial charge on any atom is -0.496 e. The first-order valence-electron chi connectivity index (χ1n) is 6.06. The van der Waals surface area contributed by atoms with Gasteiger partial charge in [0.25, 0.3) is 10.0 Å². The van der Waals surface area contributed by atoms with E-state index in [1.54, 1.807) is 25.1 Å². The predicted octanol–water partition coefficient (Wildman–Crippen LogP) is 2.53. The van der Waals surface area contributed by atoms with Crippen LogP contribution in [0, 0.1) is 12.7 Å². The lowest BCUT2D eigenvalue weighted by Gasteiger charge is -2.11. The van der Waals surface area contributed by atoms with Gasteiger partial charge in [-0.05, 0) is 48.9 Å². The van der Waals surface area contributed by atoms with Crippen molar-refractivity contribution < 1.29 is 17.5 Å². The van der Waals surface area contributed by atoms with Crippen LogP contribution in [0.3, 0.4) is 0 Å². The van der Waals surface area contributed by atoms with Crippen molar-refractivity contribution in [3.8, 4) is 5.75 Å². The van der Waals surface area contributed by atoms with Gasteiger partial charge in [-0.1, -0.05) is 0 Å². The van der Waals surface area contributed by atoms with Crippen molar-refractivity contribution in [2.24, 2.45) is 0 Å². The van der Waals surface area contributed by atoms with Crippen LogP contribution in [0.15, 0.2) is 41.3 Å². The normalized spacial score (nSPS) is 11.2. The van der Waals surface area contributed by atoms with E-state index in [1.165, 1.54) is 13.2 Å². The van der Waals surface area contributed by atoms with Crippen molar-refractivity contribution in [3.05, 3.63) is 47.8 Å². The first-order chi connectivity index (χ1) is 9.83. The average molecular weight is 310 g/mol. The average Bonchev–Trinajstić information content (AvgIpc) is 2.37. The van der Waals surface area contributed by atoms with Gasteiger partial charge in [0.05, 0.1) is 7.11 Å². The highest BCUT2D eigenvalue weighted by molar-refractivity contribution is 7.92. The number of hydrogen-bond acceptors (Lipinski definition) is 4. The molecule has 5 nitrogen and oxygen atoms in total. The number of ether oxygens (including phenoxy) is 1. The second-order valence-electron chi connectivity index (χ2n) is 4.48. The zero-order chi connectivity index (χ0) is 15.6. The van der Waals surface area contributed by atoms with Crippen molar-refractivity contribution in [1.82, 2.24) is 0 Å². The Labute approximate surface area is 122 Å². The van der Waals surface area contributed by atoms with Gasteiger partial charge >= 0.3 is 0 Å². The van der Waals surface area contributed by atoms with E-state index in [0.717, 1.165) is 17.7 Å². The first-order valence-corrected chi connectivity index (χ1v) is 7.54. The predicted molar refractivity (Wildman–Crippen MR) is 79.4 cm³/mol. The molecule has 21 heavy (non-hydrogen) atoms. The molecule has 0 aromatic heterocycles. The fourth-order valence-corrected chi connectivity index (χ4v) is 3.00. The molecular weight excluding hydrogens is 295 g/mol. The minimum absolute atomic E-state index is 0.159. The van der Waals surface area contributed by atoms with Crippen LogP contribution in [0.1, 0.15) is 5.56 Å². The lowest BCUT2D eigenvalue weighted by molar-refractivity contribution is 0.412. The van der Waals surface area contributed by atoms with Crippen LogP contribution < -0.4 is 15.2 Å². The van der Waals surface area contributed by atoms with Crippen molar-refractivity contribution in [3.63, 3.8) is 0 Å². The summed E-state index contributed by atoms with van der Waals surface area (Å²) in [6, 6.07) is 8.20. The molecule has 7 heteroatoms. The van der Waals surface area contributed by atoms with E-state index in [-0.39, 0.29) is 5.69 Å². The van der Waals surface area contributed by atoms with Crippen LogP contribution in [0.25, 0.3) is 0 Å². The molecule has 0 atom stereocenters. The molecule has 0 saturated heterocycles. The first kappa shape index (κ1) is 15.1. The van der Waals surface area contributed by atoms with Crippen LogP contribution in [0.2, 0.25) is 0 Å². The third-order valence-electron chi connectivity index (χ3n) is 2.89. The number of halogens is 1. The number of rotatable bonds is 4. The molecular formula is C14H15FN2O3S. The van der Waals surface area contributed by atoms with Crippen molar-refractivity contribution >= 4 is 21.4 Å². The third kappa shape index (κ3) is 3.25. The van der Waals surface area contributed by atoms with Gasteiger partial charge in [-0.15, -0.1) is 0 Å². The van der Waals surface area contributed by atoms with E-state index in [0.29, 0.717) is 11.4 Å². The van der Waals surface area contributed by atoms with Crippen molar-refractivity contribution in [2.45, 2.75) is 11.8 Å². The van der Waals surface area contributed by atoms with E-state index >= 15 is 0 Å². The van der Waals surface area contributed by atoms with E-state index < -0.39 is 20.7 Å². The molecule has 0 saturated carbocycles. The summed E-state index contributed by atoms with van der Waals surface area (Å²) in [5, 5.41) is 0. The number of nitrogens with one attached hydrogen (secondary N) is 1. The van der Waals surface area contributed by atoms with Gasteiger partial charge in [0.1, 0.15) is 16.5 Å². The maximum atomic E-state index is 13.7. The van der Waals surface area contributed by atoms with Gasteiger partial charge in [-0.2, -0.15) is 0 Å². The molecule has 0 fully saturated rings. The molecule has 2 aromatic rings. The number of hydrogen-bond donors (Lipinski definition) is 2. The molecule has 0 unspecified atom stereocenters. The highest BCUT2D eigenvalue weighted by Crippen LogP contribution is 2.25. The SMILES string of the molecule is COc1ccc(NS(=O)(=O)c2ccc(N)cc2F)cc1C. The Morgan fingerprint density at radius 3 is 2.48 bits per heavy atom. The number of nitrogens with two attached hydrogens (primary N) is 1. The summed E-state index contributed by atoms with van der Waals surface area (Å²) >= 11 is 0. The molecule has 0 aliphatic carbocycles. The summed E-state index contributed by atoms with van der Waals surface area (Å²) in [4.78, 5) is -0.454. The van der Waals surface area contributed by atoms with Gasteiger partial charge in [0.2, 0.25) is 0 Å². The Hall–Kier alpha value is -2.28. The standard InChI is InChI=1S/C14H15FN2O3S/c1-9-7-11(4-5-13(9)20-2)17-21(18,19)14-6-3-10(16)8-12(14)15/h3-8,17H,16H2,1-2H3. The summed E-state index contributed by atoms with van der Waals surface area (Å²) in [7, 11) is -2.49. The zero-order valence-corrected chi connectivity index (χ0v) is 12.4. The van der Waals surface area contributed by atoms with Gasteiger partial charge in [-0.3, -0.25) is 4.72 Å². The fourth-order valence-electron chi connectivity index (χ4n) is 1.89. The molecule has 0 radical (unpaired) electrons. The second-order valence-corrected chi connectivity index (χ2v) is 6.13. The van der Waals surface area contributed by atoms with Crippen molar-refractivity contribution in [1.29, 1.82) is 0 Å². The van der Waals surface area contributed by atoms with E-state index in [9.17, 15) is 12.8 Å². The molecule has 112 valence electrons. The third-order valence-corrected chi connectivity index (χ3v) is 4.31. The highest BCUT2D eigenvalue weighted by atomic mass is 32.2. The van der Waals surface area contributed by atoms with Crippen LogP contribution >= 0.6 is 0 Å². The van der Waals surface area contributed by atoms with Gasteiger partial charge < -0.3 is 10.5 Å². The number of aryl methyl sites for hydroxylation is 1. The zero-order valence-electron chi connectivity index (χ0n) is 11.6. The number of anilines is 2. The van der Waals surface area contributed by atoms with Crippen LogP contribution in [-0.4, -0.2) is 15.5 Å². The van der Waals surface area contributed by atoms with Crippen LogP contribution in [0.5, 0.6) is 5.75 Å². The Morgan fingerprint density at radius 2 is 1.90 bits per heavy atom. The van der Waals surface area contributed by atoms with Gasteiger partial charge in [0.15, 0.2) is 0 Å². The molecule has 0 bridgehead atoms. The topological polar surface area (TPSA) is 81.4 Å². The summed E-state index contributed by atoms with van der Waals surface area (Å²) in [5.74, 6) is -0.260. The Morgan fingerprint density at radius 1 is 1.19 bits per heavy atom. The molecule has 0 amide bonds. The monoisotopic (exact) mass is 310 g/mol. The summed E-state index contributed by atoms with van der Waals surface area (Å²) < 4.78 is 45.5. The molecule has 2 rings (SSSR count). The lowest BCUT2D eigenvalue weighted by atomic mass is 10.2. The summed E-state index contributed by atoms with van der Waals surface area (Å²) in [6.07, 6.45) is 0. The van der Waals surface area contributed by atoms with Crippen molar-refractivity contribution in [2.75, 3.05) is 17.6 Å². The molecule has 0 heterocycles. The molecule has 0 spiro atoms. The molecule has 0 aliphatic rings. The largest absolute Gasteiger partial charge is 0.496 e. The van der Waals surface area contributed by atoms with Crippen LogP contribution in [0.4, 0.5) is 15.8 Å². The van der Waals surface area contributed by atoms with E-state index in [1.807, 2.05) is 0 Å². The fraction of sp³-hybridized carbons (Fsp3) is 0.143. The number of benzene rings is 2. The number of sulfonamides is 1. The Kier molecular flexibility index (Phi) is 4.04. The quantitative estimate of drug-likeness (QED) is 0.850. The van der Waals surface area contributed by atoms with Gasteiger partial charge in [0, 0.05) is 11.4 Å². The summed E-state index contributed by atoms with van der Waals surface area (Å²) in [5.41, 5.74) is 6.65. The number of methoxy groups -OCH3 is 1. The van der Waals surface area contributed by atoms with Gasteiger partial charge in [-0.25, -0.2) is 12.8 Å². The second kappa shape index (κ2) is 5.61. The summed E-state index contributed by atoms with van der Waals surface area (Å²) in [6.45, 7) is 1.78. The van der Waals surface area contributed by atoms with Crippen LogP contribution in [-0.2, 0) is 10.0 Å². The minimum atomic E-state index is -4.02. The highest BCUT2D eigenvalue weighted by Gasteiger charge is 2.19. The Balaban J connectivity index is 2.35. The maximum absolute atomic E-state index is 13.7. The molecule has 2 aromatic carbocycles. The van der Waals surface area contributed by atoms with E-state index in [4.69, 9.17) is 10.5 Å². The smallest absolute Gasteiger partial charge is 0.264 e. The van der Waals surface area contributed by atoms with E-state index in [2.05, 4.69) is 4.72 Å². The molecule has 3 N–H and O–H groups in total. The maximum Gasteiger partial charge on any atom is 0.264 e. The number of nitrogen functional groups attached to an aromatic ring is 1. The lowest BCUT2D eigenvalue weighted by Crippen LogP contribution is -2.15. The molecule has 0 aliphatic heterocycles.